The summed E-state index contributed by atoms with van der Waals surface area (Å²) < 4.78 is 0. The van der Waals surface area contributed by atoms with Gasteiger partial charge in [0, 0.05) is 10.0 Å². The van der Waals surface area contributed by atoms with Crippen LogP contribution in [0.25, 0.3) is 11.1 Å². The lowest BCUT2D eigenvalue weighted by molar-refractivity contribution is -0.143. The molecule has 3 aromatic rings. The number of nitrogens with zero attached hydrogens (tertiary/aromatic N) is 1. The SMILES string of the molecule is O=C(O)C1CCN(C(c2ccc(-c3ccccc3)cc2)c2ccc(Cl)cc2Cl)CC1. The zero-order valence-electron chi connectivity index (χ0n) is 16.5. The number of halogens is 2. The first-order valence-corrected chi connectivity index (χ1v) is 10.9. The molecule has 30 heavy (non-hydrogen) atoms. The maximum Gasteiger partial charge on any atom is 0.306 e. The van der Waals surface area contributed by atoms with Gasteiger partial charge >= 0.3 is 5.97 Å². The summed E-state index contributed by atoms with van der Waals surface area (Å²) in [4.78, 5) is 13.7. The lowest BCUT2D eigenvalue weighted by Gasteiger charge is -2.37. The van der Waals surface area contributed by atoms with Crippen molar-refractivity contribution in [1.82, 2.24) is 4.90 Å². The highest BCUT2D eigenvalue weighted by Gasteiger charge is 2.31. The van der Waals surface area contributed by atoms with Crippen molar-refractivity contribution in [3.63, 3.8) is 0 Å². The Morgan fingerprint density at radius 3 is 2.13 bits per heavy atom. The molecule has 4 rings (SSSR count). The van der Waals surface area contributed by atoms with Gasteiger partial charge in [0.2, 0.25) is 0 Å². The molecule has 1 N–H and O–H groups in total. The summed E-state index contributed by atoms with van der Waals surface area (Å²) >= 11 is 12.7. The van der Waals surface area contributed by atoms with E-state index in [-0.39, 0.29) is 12.0 Å². The van der Waals surface area contributed by atoms with E-state index < -0.39 is 5.97 Å². The van der Waals surface area contributed by atoms with Gasteiger partial charge < -0.3 is 5.11 Å². The van der Waals surface area contributed by atoms with Gasteiger partial charge in [0.1, 0.15) is 0 Å². The number of piperidine rings is 1. The minimum Gasteiger partial charge on any atom is -0.481 e. The van der Waals surface area contributed by atoms with Crippen molar-refractivity contribution in [2.24, 2.45) is 5.92 Å². The first kappa shape index (κ1) is 20.9. The van der Waals surface area contributed by atoms with E-state index in [9.17, 15) is 9.90 Å². The summed E-state index contributed by atoms with van der Waals surface area (Å²) in [5.41, 5.74) is 4.45. The Bertz CT molecular complexity index is 1010. The van der Waals surface area contributed by atoms with E-state index in [0.717, 1.165) is 16.7 Å². The molecule has 3 aromatic carbocycles. The van der Waals surface area contributed by atoms with Crippen molar-refractivity contribution in [2.75, 3.05) is 13.1 Å². The first-order valence-electron chi connectivity index (χ1n) is 10.1. The molecule has 0 bridgehead atoms. The summed E-state index contributed by atoms with van der Waals surface area (Å²) in [6.07, 6.45) is 1.28. The minimum atomic E-state index is -0.706. The monoisotopic (exact) mass is 439 g/mol. The maximum absolute atomic E-state index is 11.4. The zero-order chi connectivity index (χ0) is 21.1. The molecule has 1 saturated heterocycles. The van der Waals surface area contributed by atoms with E-state index in [4.69, 9.17) is 23.2 Å². The van der Waals surface area contributed by atoms with Crippen molar-refractivity contribution in [3.05, 3.63) is 94.0 Å². The van der Waals surface area contributed by atoms with E-state index in [1.165, 1.54) is 5.56 Å². The maximum atomic E-state index is 11.4. The molecule has 1 heterocycles. The van der Waals surface area contributed by atoms with Crippen LogP contribution in [0.2, 0.25) is 10.0 Å². The van der Waals surface area contributed by atoms with Crippen molar-refractivity contribution in [1.29, 1.82) is 0 Å². The van der Waals surface area contributed by atoms with Crippen LogP contribution in [0, 0.1) is 5.92 Å². The molecule has 0 saturated carbocycles. The highest BCUT2D eigenvalue weighted by Crippen LogP contribution is 2.37. The van der Waals surface area contributed by atoms with Crippen molar-refractivity contribution in [3.8, 4) is 11.1 Å². The van der Waals surface area contributed by atoms with Crippen LogP contribution in [0.4, 0.5) is 0 Å². The number of carbonyl (C=O) groups is 1. The van der Waals surface area contributed by atoms with Crippen LogP contribution in [0.5, 0.6) is 0 Å². The Labute approximate surface area is 186 Å². The highest BCUT2D eigenvalue weighted by atomic mass is 35.5. The third kappa shape index (κ3) is 4.54. The summed E-state index contributed by atoms with van der Waals surface area (Å²) in [6.45, 7) is 1.42. The Kier molecular flexibility index (Phi) is 6.43. The van der Waals surface area contributed by atoms with Gasteiger partial charge in [-0.15, -0.1) is 0 Å². The molecular weight excluding hydrogens is 417 g/mol. The number of hydrogen-bond acceptors (Lipinski definition) is 2. The smallest absolute Gasteiger partial charge is 0.306 e. The molecule has 0 amide bonds. The summed E-state index contributed by atoms with van der Waals surface area (Å²) in [5, 5.41) is 10.6. The van der Waals surface area contributed by atoms with Crippen LogP contribution in [-0.2, 0) is 4.79 Å². The van der Waals surface area contributed by atoms with E-state index in [2.05, 4.69) is 41.3 Å². The number of likely N-dealkylation sites (tertiary alicyclic amines) is 1. The molecule has 1 atom stereocenters. The van der Waals surface area contributed by atoms with Gasteiger partial charge in [-0.25, -0.2) is 0 Å². The molecule has 154 valence electrons. The van der Waals surface area contributed by atoms with Crippen LogP contribution < -0.4 is 0 Å². The van der Waals surface area contributed by atoms with Crippen molar-refractivity contribution in [2.45, 2.75) is 18.9 Å². The molecule has 5 heteroatoms. The predicted octanol–water partition coefficient (Wildman–Crippen LogP) is 6.55. The summed E-state index contributed by atoms with van der Waals surface area (Å²) in [7, 11) is 0. The average Bonchev–Trinajstić information content (AvgIpc) is 2.77. The molecule has 0 spiro atoms. The molecule has 1 unspecified atom stereocenters. The third-order valence-electron chi connectivity index (χ3n) is 5.83. The lowest BCUT2D eigenvalue weighted by atomic mass is 9.90. The second-order valence-electron chi connectivity index (χ2n) is 7.70. The highest BCUT2D eigenvalue weighted by molar-refractivity contribution is 6.35. The standard InChI is InChI=1S/C25H23Cl2NO2/c26-21-10-11-22(23(27)16-21)24(28-14-12-20(13-15-28)25(29)30)19-8-6-18(7-9-19)17-4-2-1-3-5-17/h1-11,16,20,24H,12-15H2,(H,29,30). The van der Waals surface area contributed by atoms with Gasteiger partial charge in [-0.05, 0) is 60.3 Å². The molecular formula is C25H23Cl2NO2. The van der Waals surface area contributed by atoms with E-state index >= 15 is 0 Å². The van der Waals surface area contributed by atoms with Crippen molar-refractivity contribution < 1.29 is 9.90 Å². The third-order valence-corrected chi connectivity index (χ3v) is 6.40. The van der Waals surface area contributed by atoms with Gasteiger partial charge in [0.05, 0.1) is 12.0 Å². The molecule has 1 aliphatic heterocycles. The predicted molar refractivity (Wildman–Crippen MR) is 122 cm³/mol. The van der Waals surface area contributed by atoms with Crippen LogP contribution in [0.15, 0.2) is 72.8 Å². The fraction of sp³-hybridized carbons (Fsp3) is 0.240. The number of hydrogen-bond donors (Lipinski definition) is 1. The van der Waals surface area contributed by atoms with Crippen molar-refractivity contribution >= 4 is 29.2 Å². The average molecular weight is 440 g/mol. The Balaban J connectivity index is 1.68. The van der Waals surface area contributed by atoms with Crippen LogP contribution in [0.1, 0.15) is 30.0 Å². The van der Waals surface area contributed by atoms with E-state index in [1.807, 2.05) is 30.3 Å². The van der Waals surface area contributed by atoms with E-state index in [1.54, 1.807) is 6.07 Å². The fourth-order valence-corrected chi connectivity index (χ4v) is 4.72. The zero-order valence-corrected chi connectivity index (χ0v) is 18.0. The van der Waals surface area contributed by atoms with Crippen LogP contribution in [-0.4, -0.2) is 29.1 Å². The minimum absolute atomic E-state index is 0.0469. The summed E-state index contributed by atoms with van der Waals surface area (Å²) in [6, 6.07) is 24.4. The second kappa shape index (κ2) is 9.22. The summed E-state index contributed by atoms with van der Waals surface area (Å²) in [5.74, 6) is -0.981. The first-order chi connectivity index (χ1) is 14.5. The Morgan fingerprint density at radius 1 is 0.900 bits per heavy atom. The molecule has 0 radical (unpaired) electrons. The number of carboxylic acids is 1. The topological polar surface area (TPSA) is 40.5 Å². The van der Waals surface area contributed by atoms with Gasteiger partial charge in [-0.1, -0.05) is 83.9 Å². The van der Waals surface area contributed by atoms with Gasteiger partial charge in [-0.3, -0.25) is 9.69 Å². The molecule has 3 nitrogen and oxygen atoms in total. The molecule has 1 aliphatic rings. The van der Waals surface area contributed by atoms with Gasteiger partial charge in [-0.2, -0.15) is 0 Å². The van der Waals surface area contributed by atoms with Gasteiger partial charge in [0.25, 0.3) is 0 Å². The number of carboxylic acid groups (broad SMARTS) is 1. The second-order valence-corrected chi connectivity index (χ2v) is 8.55. The molecule has 0 aromatic heterocycles. The molecule has 0 aliphatic carbocycles. The molecule has 1 fully saturated rings. The Hall–Kier alpha value is -2.33. The normalized spacial score (nSPS) is 16.3. The van der Waals surface area contributed by atoms with E-state index in [0.29, 0.717) is 36.0 Å². The van der Waals surface area contributed by atoms with Gasteiger partial charge in [0.15, 0.2) is 0 Å². The quantitative estimate of drug-likeness (QED) is 0.489. The number of aliphatic carboxylic acids is 1. The lowest BCUT2D eigenvalue weighted by Crippen LogP contribution is -2.39. The Morgan fingerprint density at radius 2 is 1.53 bits per heavy atom. The number of benzene rings is 3. The van der Waals surface area contributed by atoms with Crippen LogP contribution >= 0.6 is 23.2 Å². The van der Waals surface area contributed by atoms with Crippen LogP contribution in [0.3, 0.4) is 0 Å². The fourth-order valence-electron chi connectivity index (χ4n) is 4.20. The largest absolute Gasteiger partial charge is 0.481 e. The number of rotatable bonds is 5.